The monoisotopic (exact) mass is 340 g/mol. The fourth-order valence-electron chi connectivity index (χ4n) is 3.05. The van der Waals surface area contributed by atoms with E-state index in [1.54, 1.807) is 17.7 Å². The molecule has 0 aliphatic carbocycles. The van der Waals surface area contributed by atoms with Crippen molar-refractivity contribution in [3.05, 3.63) is 34.6 Å². The van der Waals surface area contributed by atoms with Crippen molar-refractivity contribution in [3.63, 3.8) is 0 Å². The van der Waals surface area contributed by atoms with Gasteiger partial charge in [0.05, 0.1) is 11.1 Å². The molecule has 1 saturated heterocycles. The predicted octanol–water partition coefficient (Wildman–Crippen LogP) is 2.73. The fraction of sp³-hybridized carbons (Fsp3) is 0.412. The molecule has 6 nitrogen and oxygen atoms in total. The van der Waals surface area contributed by atoms with Gasteiger partial charge in [0, 0.05) is 31.1 Å². The Hall–Kier alpha value is -2.28. The molecule has 0 unspecified atom stereocenters. The van der Waals surface area contributed by atoms with Crippen molar-refractivity contribution in [2.75, 3.05) is 36.0 Å². The average molecular weight is 340 g/mol. The number of piperazine rings is 1. The van der Waals surface area contributed by atoms with Crippen molar-refractivity contribution in [1.82, 2.24) is 20.2 Å². The number of aryl methyl sites for hydroxylation is 3. The molecule has 24 heavy (non-hydrogen) atoms. The normalized spacial score (nSPS) is 15.3. The first-order chi connectivity index (χ1) is 11.6. The number of anilines is 2. The number of thiophene rings is 1. The SMILES string of the molecule is Cc1cc2c(N3CCN(c4cc(C)c(C)nn4)CC3)ncnc2s1. The van der Waals surface area contributed by atoms with Gasteiger partial charge in [0.1, 0.15) is 17.0 Å². The maximum absolute atomic E-state index is 4.54. The number of nitrogens with zero attached hydrogens (tertiary/aromatic N) is 6. The molecule has 0 spiro atoms. The molecule has 0 bridgehead atoms. The zero-order chi connectivity index (χ0) is 16.7. The van der Waals surface area contributed by atoms with Crippen LogP contribution < -0.4 is 9.80 Å². The summed E-state index contributed by atoms with van der Waals surface area (Å²) in [5, 5.41) is 9.76. The Morgan fingerprint density at radius 1 is 0.917 bits per heavy atom. The van der Waals surface area contributed by atoms with E-state index in [4.69, 9.17) is 0 Å². The molecule has 1 fully saturated rings. The van der Waals surface area contributed by atoms with E-state index < -0.39 is 0 Å². The molecule has 4 heterocycles. The van der Waals surface area contributed by atoms with Crippen LogP contribution in [0, 0.1) is 20.8 Å². The molecule has 4 rings (SSSR count). The second-order valence-electron chi connectivity index (χ2n) is 6.22. The van der Waals surface area contributed by atoms with Crippen LogP contribution in [0.25, 0.3) is 10.2 Å². The van der Waals surface area contributed by atoms with Crippen molar-refractivity contribution in [2.24, 2.45) is 0 Å². The highest BCUT2D eigenvalue weighted by Gasteiger charge is 2.21. The molecular formula is C17H20N6S. The third-order valence-electron chi connectivity index (χ3n) is 4.55. The van der Waals surface area contributed by atoms with Gasteiger partial charge < -0.3 is 9.80 Å². The lowest BCUT2D eigenvalue weighted by molar-refractivity contribution is 0.638. The van der Waals surface area contributed by atoms with E-state index in [1.807, 2.05) is 6.92 Å². The molecule has 3 aromatic heterocycles. The largest absolute Gasteiger partial charge is 0.352 e. The maximum atomic E-state index is 4.54. The topological polar surface area (TPSA) is 58.0 Å². The minimum Gasteiger partial charge on any atom is -0.352 e. The highest BCUT2D eigenvalue weighted by molar-refractivity contribution is 7.18. The van der Waals surface area contributed by atoms with Gasteiger partial charge in [-0.15, -0.1) is 16.4 Å². The van der Waals surface area contributed by atoms with Gasteiger partial charge in [-0.2, -0.15) is 5.10 Å². The summed E-state index contributed by atoms with van der Waals surface area (Å²) in [4.78, 5) is 15.9. The Kier molecular flexibility index (Phi) is 3.80. The number of hydrogen-bond donors (Lipinski definition) is 0. The van der Waals surface area contributed by atoms with Gasteiger partial charge in [0.25, 0.3) is 0 Å². The Morgan fingerprint density at radius 3 is 2.42 bits per heavy atom. The first-order valence-electron chi connectivity index (χ1n) is 8.14. The van der Waals surface area contributed by atoms with Gasteiger partial charge in [0.2, 0.25) is 0 Å². The van der Waals surface area contributed by atoms with Gasteiger partial charge in [-0.3, -0.25) is 0 Å². The fourth-order valence-corrected chi connectivity index (χ4v) is 3.89. The van der Waals surface area contributed by atoms with Crippen LogP contribution in [-0.4, -0.2) is 46.3 Å². The maximum Gasteiger partial charge on any atom is 0.151 e. The summed E-state index contributed by atoms with van der Waals surface area (Å²) >= 11 is 1.72. The van der Waals surface area contributed by atoms with Crippen LogP contribution in [-0.2, 0) is 0 Å². The minimum absolute atomic E-state index is 0.922. The Morgan fingerprint density at radius 2 is 1.67 bits per heavy atom. The second-order valence-corrected chi connectivity index (χ2v) is 7.45. The van der Waals surface area contributed by atoms with Gasteiger partial charge in [-0.1, -0.05) is 0 Å². The number of aromatic nitrogens is 4. The van der Waals surface area contributed by atoms with Gasteiger partial charge >= 0.3 is 0 Å². The highest BCUT2D eigenvalue weighted by atomic mass is 32.1. The molecular weight excluding hydrogens is 320 g/mol. The molecule has 124 valence electrons. The van der Waals surface area contributed by atoms with Crippen LogP contribution in [0.15, 0.2) is 18.5 Å². The van der Waals surface area contributed by atoms with Crippen LogP contribution in [0.4, 0.5) is 11.6 Å². The van der Waals surface area contributed by atoms with E-state index >= 15 is 0 Å². The molecule has 0 saturated carbocycles. The van der Waals surface area contributed by atoms with Crippen molar-refractivity contribution < 1.29 is 0 Å². The van der Waals surface area contributed by atoms with Crippen molar-refractivity contribution in [1.29, 1.82) is 0 Å². The van der Waals surface area contributed by atoms with E-state index in [0.717, 1.165) is 48.3 Å². The van der Waals surface area contributed by atoms with Crippen LogP contribution in [0.3, 0.4) is 0 Å². The summed E-state index contributed by atoms with van der Waals surface area (Å²) in [5.41, 5.74) is 2.18. The molecule has 3 aromatic rings. The third-order valence-corrected chi connectivity index (χ3v) is 5.51. The lowest BCUT2D eigenvalue weighted by atomic mass is 10.2. The Labute approximate surface area is 145 Å². The van der Waals surface area contributed by atoms with Gasteiger partial charge in [-0.05, 0) is 38.5 Å². The summed E-state index contributed by atoms with van der Waals surface area (Å²) in [6.07, 6.45) is 1.68. The third kappa shape index (κ3) is 2.69. The zero-order valence-corrected chi connectivity index (χ0v) is 15.0. The number of fused-ring (bicyclic) bond motifs is 1. The quantitative estimate of drug-likeness (QED) is 0.715. The summed E-state index contributed by atoms with van der Waals surface area (Å²) in [6, 6.07) is 4.32. The van der Waals surface area contributed by atoms with E-state index in [2.05, 4.69) is 55.9 Å². The van der Waals surface area contributed by atoms with Gasteiger partial charge in [-0.25, -0.2) is 9.97 Å². The first-order valence-corrected chi connectivity index (χ1v) is 8.95. The smallest absolute Gasteiger partial charge is 0.151 e. The van der Waals surface area contributed by atoms with Crippen LogP contribution >= 0.6 is 11.3 Å². The summed E-state index contributed by atoms with van der Waals surface area (Å²) in [6.45, 7) is 9.89. The highest BCUT2D eigenvalue weighted by Crippen LogP contribution is 2.30. The van der Waals surface area contributed by atoms with E-state index in [0.29, 0.717) is 0 Å². The molecule has 0 amide bonds. The predicted molar refractivity (Wildman–Crippen MR) is 98.1 cm³/mol. The number of rotatable bonds is 2. The summed E-state index contributed by atoms with van der Waals surface area (Å²) < 4.78 is 0. The standard InChI is InChI=1S/C17H20N6S/c1-11-8-15(21-20-13(11)3)22-4-6-23(7-5-22)16-14-9-12(2)24-17(14)19-10-18-16/h8-10H,4-7H2,1-3H3. The summed E-state index contributed by atoms with van der Waals surface area (Å²) in [7, 11) is 0. The Balaban J connectivity index is 1.54. The molecule has 1 aliphatic heterocycles. The van der Waals surface area contributed by atoms with Gasteiger partial charge in [0.15, 0.2) is 5.82 Å². The molecule has 0 aromatic carbocycles. The average Bonchev–Trinajstić information content (AvgIpc) is 2.97. The first kappa shape index (κ1) is 15.3. The zero-order valence-electron chi connectivity index (χ0n) is 14.2. The second kappa shape index (κ2) is 5.98. The van der Waals surface area contributed by atoms with Crippen molar-refractivity contribution in [3.8, 4) is 0 Å². The lowest BCUT2D eigenvalue weighted by Crippen LogP contribution is -2.47. The molecule has 0 atom stereocenters. The molecule has 0 N–H and O–H groups in total. The van der Waals surface area contributed by atoms with Crippen molar-refractivity contribution >= 4 is 33.2 Å². The molecule has 1 aliphatic rings. The minimum atomic E-state index is 0.922. The molecule has 0 radical (unpaired) electrons. The Bertz CT molecular complexity index is 882. The van der Waals surface area contributed by atoms with Crippen LogP contribution in [0.1, 0.15) is 16.1 Å². The van der Waals surface area contributed by atoms with E-state index in [9.17, 15) is 0 Å². The van der Waals surface area contributed by atoms with Crippen molar-refractivity contribution in [2.45, 2.75) is 20.8 Å². The van der Waals surface area contributed by atoms with E-state index in [-0.39, 0.29) is 0 Å². The van der Waals surface area contributed by atoms with E-state index in [1.165, 1.54) is 15.8 Å². The summed E-state index contributed by atoms with van der Waals surface area (Å²) in [5.74, 6) is 2.02. The van der Waals surface area contributed by atoms with Crippen LogP contribution in [0.5, 0.6) is 0 Å². The number of hydrogen-bond acceptors (Lipinski definition) is 7. The lowest BCUT2D eigenvalue weighted by Gasteiger charge is -2.36. The molecule has 7 heteroatoms. The van der Waals surface area contributed by atoms with Crippen LogP contribution in [0.2, 0.25) is 0 Å².